The summed E-state index contributed by atoms with van der Waals surface area (Å²) in [5.74, 6) is -1.06. The van der Waals surface area contributed by atoms with E-state index in [0.717, 1.165) is 6.42 Å². The van der Waals surface area contributed by atoms with Gasteiger partial charge in [0.1, 0.15) is 6.04 Å². The molecule has 0 aromatic carbocycles. The molecule has 7 heteroatoms. The number of hydrogen-bond acceptors (Lipinski definition) is 4. The lowest BCUT2D eigenvalue weighted by Crippen LogP contribution is -2.52. The zero-order chi connectivity index (χ0) is 13.5. The van der Waals surface area contributed by atoms with E-state index in [9.17, 15) is 18.0 Å². The fourth-order valence-electron chi connectivity index (χ4n) is 1.07. The van der Waals surface area contributed by atoms with Gasteiger partial charge in [0.25, 0.3) is 0 Å². The van der Waals surface area contributed by atoms with Crippen LogP contribution < -0.4 is 5.73 Å². The second-order valence-electron chi connectivity index (χ2n) is 3.46. The fourth-order valence-corrected chi connectivity index (χ4v) is 1.07. The van der Waals surface area contributed by atoms with Gasteiger partial charge in [-0.25, -0.2) is 4.79 Å². The van der Waals surface area contributed by atoms with E-state index in [4.69, 9.17) is 10.5 Å². The van der Waals surface area contributed by atoms with Gasteiger partial charge in [0.05, 0.1) is 6.61 Å². The fraction of sp³-hybridized carbons (Fsp3) is 0.900. The van der Waals surface area contributed by atoms with E-state index in [1.807, 2.05) is 6.92 Å². The standard InChI is InChI=1S/C10H18F3NO3/c1-3-5-6-17-9(15)7(16-4-2)8(14)10(11,12)13/h7-8H,3-6,14H2,1-2H3/t7-,8-/m1/s1. The number of carbonyl (C=O) groups excluding carboxylic acids is 1. The van der Waals surface area contributed by atoms with E-state index in [2.05, 4.69) is 4.74 Å². The quantitative estimate of drug-likeness (QED) is 0.556. The van der Waals surface area contributed by atoms with Crippen molar-refractivity contribution in [1.82, 2.24) is 0 Å². The van der Waals surface area contributed by atoms with Crippen LogP contribution >= 0.6 is 0 Å². The van der Waals surface area contributed by atoms with Gasteiger partial charge in [0.2, 0.25) is 0 Å². The van der Waals surface area contributed by atoms with Crippen LogP contribution in [0.25, 0.3) is 0 Å². The highest BCUT2D eigenvalue weighted by atomic mass is 19.4. The molecule has 102 valence electrons. The van der Waals surface area contributed by atoms with Gasteiger partial charge >= 0.3 is 12.1 Å². The zero-order valence-electron chi connectivity index (χ0n) is 9.92. The minimum atomic E-state index is -4.69. The maximum Gasteiger partial charge on any atom is 0.406 e. The number of esters is 1. The van der Waals surface area contributed by atoms with Crippen molar-refractivity contribution >= 4 is 5.97 Å². The number of nitrogens with two attached hydrogens (primary N) is 1. The van der Waals surface area contributed by atoms with E-state index in [1.165, 1.54) is 6.92 Å². The largest absolute Gasteiger partial charge is 0.464 e. The third-order valence-corrected chi connectivity index (χ3v) is 2.02. The zero-order valence-corrected chi connectivity index (χ0v) is 9.92. The summed E-state index contributed by atoms with van der Waals surface area (Å²) in [4.78, 5) is 11.4. The van der Waals surface area contributed by atoms with E-state index >= 15 is 0 Å². The van der Waals surface area contributed by atoms with Crippen molar-refractivity contribution in [2.24, 2.45) is 5.73 Å². The average Bonchev–Trinajstić information content (AvgIpc) is 2.23. The molecule has 0 saturated carbocycles. The highest BCUT2D eigenvalue weighted by Crippen LogP contribution is 2.22. The first-order chi connectivity index (χ1) is 7.84. The predicted molar refractivity (Wildman–Crippen MR) is 55.3 cm³/mol. The van der Waals surface area contributed by atoms with Gasteiger partial charge < -0.3 is 15.2 Å². The molecule has 17 heavy (non-hydrogen) atoms. The number of carbonyl (C=O) groups is 1. The third-order valence-electron chi connectivity index (χ3n) is 2.02. The molecule has 0 bridgehead atoms. The van der Waals surface area contributed by atoms with Gasteiger partial charge in [-0.3, -0.25) is 0 Å². The lowest BCUT2D eigenvalue weighted by molar-refractivity contribution is -0.192. The molecular formula is C10H18F3NO3. The molecule has 0 fully saturated rings. The van der Waals surface area contributed by atoms with Crippen LogP contribution in [0.3, 0.4) is 0 Å². The summed E-state index contributed by atoms with van der Waals surface area (Å²) in [5.41, 5.74) is 4.94. The summed E-state index contributed by atoms with van der Waals surface area (Å²) < 4.78 is 46.4. The van der Waals surface area contributed by atoms with Crippen molar-refractivity contribution < 1.29 is 27.4 Å². The molecule has 0 saturated heterocycles. The molecule has 0 aromatic rings. The smallest absolute Gasteiger partial charge is 0.406 e. The average molecular weight is 257 g/mol. The molecule has 0 aliphatic rings. The first kappa shape index (κ1) is 16.2. The summed E-state index contributed by atoms with van der Waals surface area (Å²) in [6, 6.07) is -2.36. The Balaban J connectivity index is 4.45. The van der Waals surface area contributed by atoms with Gasteiger partial charge in [-0.2, -0.15) is 13.2 Å². The Labute approximate surface area is 98.2 Å². The number of halogens is 3. The van der Waals surface area contributed by atoms with Crippen LogP contribution in [-0.4, -0.2) is 37.5 Å². The maximum atomic E-state index is 12.4. The summed E-state index contributed by atoms with van der Waals surface area (Å²) in [6.45, 7) is 3.38. The molecule has 0 amide bonds. The summed E-state index contributed by atoms with van der Waals surface area (Å²) in [7, 11) is 0. The Morgan fingerprint density at radius 1 is 1.35 bits per heavy atom. The lowest BCUT2D eigenvalue weighted by Gasteiger charge is -2.24. The molecule has 0 aliphatic heterocycles. The third kappa shape index (κ3) is 5.88. The minimum Gasteiger partial charge on any atom is -0.464 e. The molecular weight excluding hydrogens is 239 g/mol. The summed E-state index contributed by atoms with van der Waals surface area (Å²) in [6.07, 6.45) is -5.12. The van der Waals surface area contributed by atoms with Crippen molar-refractivity contribution in [2.45, 2.75) is 45.0 Å². The minimum absolute atomic E-state index is 0.0443. The second-order valence-corrected chi connectivity index (χ2v) is 3.46. The van der Waals surface area contributed by atoms with Crippen LogP contribution in [0.2, 0.25) is 0 Å². The summed E-state index contributed by atoms with van der Waals surface area (Å²) >= 11 is 0. The first-order valence-electron chi connectivity index (χ1n) is 5.45. The Kier molecular flexibility index (Phi) is 7.13. The monoisotopic (exact) mass is 257 g/mol. The van der Waals surface area contributed by atoms with Gasteiger partial charge in [-0.05, 0) is 13.3 Å². The van der Waals surface area contributed by atoms with Gasteiger partial charge in [-0.15, -0.1) is 0 Å². The van der Waals surface area contributed by atoms with Crippen LogP contribution in [-0.2, 0) is 14.3 Å². The molecule has 0 aromatic heterocycles. The van der Waals surface area contributed by atoms with Crippen LogP contribution in [0.15, 0.2) is 0 Å². The first-order valence-corrected chi connectivity index (χ1v) is 5.45. The van der Waals surface area contributed by atoms with Crippen molar-refractivity contribution in [2.75, 3.05) is 13.2 Å². The van der Waals surface area contributed by atoms with Crippen LogP contribution in [0.1, 0.15) is 26.7 Å². The van der Waals surface area contributed by atoms with Gasteiger partial charge in [0.15, 0.2) is 6.10 Å². The molecule has 4 nitrogen and oxygen atoms in total. The van der Waals surface area contributed by atoms with Crippen LogP contribution in [0, 0.1) is 0 Å². The van der Waals surface area contributed by atoms with Gasteiger partial charge in [-0.1, -0.05) is 13.3 Å². The van der Waals surface area contributed by atoms with Crippen molar-refractivity contribution in [3.05, 3.63) is 0 Å². The predicted octanol–water partition coefficient (Wildman–Crippen LogP) is 1.62. The SMILES string of the molecule is CCCCOC(=O)[C@H](OCC)[C@@H](N)C(F)(F)F. The molecule has 2 N–H and O–H groups in total. The van der Waals surface area contributed by atoms with E-state index in [1.54, 1.807) is 0 Å². The van der Waals surface area contributed by atoms with Crippen LogP contribution in [0.5, 0.6) is 0 Å². The maximum absolute atomic E-state index is 12.4. The molecule has 0 rings (SSSR count). The number of unbranched alkanes of at least 4 members (excludes halogenated alkanes) is 1. The number of ether oxygens (including phenoxy) is 2. The van der Waals surface area contributed by atoms with Crippen molar-refractivity contribution in [3.63, 3.8) is 0 Å². The molecule has 0 unspecified atom stereocenters. The Hall–Kier alpha value is -0.820. The molecule has 0 spiro atoms. The molecule has 0 aliphatic carbocycles. The van der Waals surface area contributed by atoms with Crippen LogP contribution in [0.4, 0.5) is 13.2 Å². The Bertz CT molecular complexity index is 233. The summed E-state index contributed by atoms with van der Waals surface area (Å²) in [5, 5.41) is 0. The Morgan fingerprint density at radius 3 is 2.35 bits per heavy atom. The number of rotatable bonds is 7. The highest BCUT2D eigenvalue weighted by Gasteiger charge is 2.46. The van der Waals surface area contributed by atoms with E-state index in [-0.39, 0.29) is 13.2 Å². The Morgan fingerprint density at radius 2 is 1.94 bits per heavy atom. The topological polar surface area (TPSA) is 61.5 Å². The van der Waals surface area contributed by atoms with Crippen molar-refractivity contribution in [3.8, 4) is 0 Å². The van der Waals surface area contributed by atoms with Gasteiger partial charge in [0, 0.05) is 6.61 Å². The normalized spacial score (nSPS) is 15.4. The number of alkyl halides is 3. The molecule has 0 radical (unpaired) electrons. The highest BCUT2D eigenvalue weighted by molar-refractivity contribution is 5.75. The van der Waals surface area contributed by atoms with E-state index < -0.39 is 24.3 Å². The number of hydrogen-bond donors (Lipinski definition) is 1. The molecule has 2 atom stereocenters. The second kappa shape index (κ2) is 7.50. The van der Waals surface area contributed by atoms with Crippen molar-refractivity contribution in [1.29, 1.82) is 0 Å². The molecule has 0 heterocycles. The van der Waals surface area contributed by atoms with E-state index in [0.29, 0.717) is 6.42 Å². The lowest BCUT2D eigenvalue weighted by atomic mass is 10.1.